The van der Waals surface area contributed by atoms with Gasteiger partial charge in [0.15, 0.2) is 5.13 Å². The zero-order valence-electron chi connectivity index (χ0n) is 21.9. The Bertz CT molecular complexity index is 1390. The number of carbonyl (C=O) groups is 1. The number of nitrogens with zero attached hydrogens (tertiary/aromatic N) is 4. The summed E-state index contributed by atoms with van der Waals surface area (Å²) >= 11 is 8.52. The van der Waals surface area contributed by atoms with Crippen LogP contribution in [0.4, 0.5) is 5.13 Å². The molecule has 9 nitrogen and oxygen atoms in total. The van der Waals surface area contributed by atoms with Gasteiger partial charge in [0, 0.05) is 39.3 Å². The lowest BCUT2D eigenvalue weighted by Gasteiger charge is -2.34. The monoisotopic (exact) mass is 612 g/mol. The van der Waals surface area contributed by atoms with Crippen LogP contribution in [0, 0.1) is 5.92 Å². The third-order valence-corrected chi connectivity index (χ3v) is 11.6. The van der Waals surface area contributed by atoms with E-state index in [1.54, 1.807) is 11.0 Å². The quantitative estimate of drug-likeness (QED) is 0.331. The van der Waals surface area contributed by atoms with E-state index in [0.29, 0.717) is 47.8 Å². The maximum atomic E-state index is 14.1. The molecule has 0 saturated carbocycles. The Morgan fingerprint density at radius 2 is 2.03 bits per heavy atom. The number of rotatable bonds is 10. The van der Waals surface area contributed by atoms with Crippen molar-refractivity contribution in [2.75, 3.05) is 64.0 Å². The van der Waals surface area contributed by atoms with E-state index in [9.17, 15) is 13.2 Å². The summed E-state index contributed by atoms with van der Waals surface area (Å²) in [5.74, 6) is 0.159. The number of piperidine rings is 1. The largest absolute Gasteiger partial charge is 0.492 e. The van der Waals surface area contributed by atoms with Crippen molar-refractivity contribution in [2.45, 2.75) is 30.4 Å². The Hall–Kier alpha value is -1.80. The highest BCUT2D eigenvalue weighted by molar-refractivity contribution is 7.91. The maximum Gasteiger partial charge on any atom is 0.252 e. The third kappa shape index (κ3) is 6.58. The van der Waals surface area contributed by atoms with Crippen LogP contribution in [-0.4, -0.2) is 87.6 Å². The van der Waals surface area contributed by atoms with Crippen LogP contribution in [0.25, 0.3) is 10.2 Å². The summed E-state index contributed by atoms with van der Waals surface area (Å²) in [4.78, 5) is 23.0. The Labute approximate surface area is 242 Å². The van der Waals surface area contributed by atoms with Crippen molar-refractivity contribution < 1.29 is 22.7 Å². The van der Waals surface area contributed by atoms with Gasteiger partial charge in [-0.05, 0) is 50.5 Å². The molecular weight excluding hydrogens is 580 g/mol. The molecule has 1 atom stereocenters. The summed E-state index contributed by atoms with van der Waals surface area (Å²) in [6.07, 6.45) is 2.03. The lowest BCUT2D eigenvalue weighted by atomic mass is 9.98. The average molecular weight is 613 g/mol. The average Bonchev–Trinajstić information content (AvgIpc) is 3.59. The molecule has 2 aromatic heterocycles. The number of carbonyl (C=O) groups excluding carboxylic acids is 1. The smallest absolute Gasteiger partial charge is 0.252 e. The molecule has 2 aliphatic rings. The first-order valence-corrected chi connectivity index (χ1v) is 16.7. The van der Waals surface area contributed by atoms with E-state index < -0.39 is 15.9 Å². The summed E-state index contributed by atoms with van der Waals surface area (Å²) in [7, 11) is -3.71. The van der Waals surface area contributed by atoms with Crippen molar-refractivity contribution in [1.29, 1.82) is 0 Å². The molecular formula is C26H33ClN4O5S3. The summed E-state index contributed by atoms with van der Waals surface area (Å²) in [5, 5.41) is 0.620. The fourth-order valence-corrected chi connectivity index (χ4v) is 9.20. The molecule has 0 aliphatic carbocycles. The molecule has 1 aromatic carbocycles. The number of ether oxygens (including phenoxy) is 2. The lowest BCUT2D eigenvalue weighted by molar-refractivity contribution is -0.123. The topological polar surface area (TPSA) is 92.3 Å². The van der Waals surface area contributed by atoms with Gasteiger partial charge < -0.3 is 9.47 Å². The van der Waals surface area contributed by atoms with Gasteiger partial charge in [-0.1, -0.05) is 29.0 Å². The molecule has 2 fully saturated rings. The van der Waals surface area contributed by atoms with Crippen LogP contribution in [-0.2, 0) is 19.6 Å². The zero-order chi connectivity index (χ0) is 27.4. The normalized spacial score (nSPS) is 19.4. The van der Waals surface area contributed by atoms with Gasteiger partial charge >= 0.3 is 0 Å². The molecule has 2 aliphatic heterocycles. The minimum absolute atomic E-state index is 0.0851. The van der Waals surface area contributed by atoms with Crippen molar-refractivity contribution in [3.8, 4) is 5.75 Å². The minimum atomic E-state index is -3.71. The summed E-state index contributed by atoms with van der Waals surface area (Å²) in [5.41, 5.74) is 0.743. The van der Waals surface area contributed by atoms with Crippen LogP contribution >= 0.6 is 34.3 Å². The van der Waals surface area contributed by atoms with Gasteiger partial charge in [0.05, 0.1) is 34.8 Å². The van der Waals surface area contributed by atoms with Crippen LogP contribution in [0.2, 0.25) is 4.34 Å². The predicted molar refractivity (Wildman–Crippen MR) is 156 cm³/mol. The number of thiazole rings is 1. The second kappa shape index (κ2) is 12.8. The number of morpholine rings is 1. The van der Waals surface area contributed by atoms with Gasteiger partial charge in [-0.25, -0.2) is 13.4 Å². The molecule has 0 bridgehead atoms. The molecule has 1 amide bonds. The number of halogens is 1. The Morgan fingerprint density at radius 3 is 2.77 bits per heavy atom. The molecule has 0 spiro atoms. The molecule has 5 rings (SSSR count). The van der Waals surface area contributed by atoms with Crippen molar-refractivity contribution in [3.05, 3.63) is 34.7 Å². The van der Waals surface area contributed by atoms with E-state index in [0.717, 1.165) is 60.8 Å². The number of hydrogen-bond donors (Lipinski definition) is 0. The summed E-state index contributed by atoms with van der Waals surface area (Å²) in [6.45, 7) is 7.56. The van der Waals surface area contributed by atoms with Crippen LogP contribution in [0.5, 0.6) is 5.75 Å². The molecule has 13 heteroatoms. The van der Waals surface area contributed by atoms with Crippen LogP contribution in [0.1, 0.15) is 26.2 Å². The van der Waals surface area contributed by atoms with E-state index in [-0.39, 0.29) is 16.7 Å². The highest BCUT2D eigenvalue weighted by Crippen LogP contribution is 2.36. The van der Waals surface area contributed by atoms with Gasteiger partial charge in [-0.3, -0.25) is 14.6 Å². The first-order valence-electron chi connectivity index (χ1n) is 13.3. The predicted octanol–water partition coefficient (Wildman–Crippen LogP) is 4.57. The number of aromatic nitrogens is 1. The Balaban J connectivity index is 1.38. The molecule has 3 aromatic rings. The van der Waals surface area contributed by atoms with Gasteiger partial charge in [-0.15, -0.1) is 11.3 Å². The van der Waals surface area contributed by atoms with E-state index in [1.165, 1.54) is 21.7 Å². The lowest BCUT2D eigenvalue weighted by Crippen LogP contribution is -2.47. The number of sulfonamides is 1. The summed E-state index contributed by atoms with van der Waals surface area (Å²) < 4.78 is 40.8. The minimum Gasteiger partial charge on any atom is -0.492 e. The van der Waals surface area contributed by atoms with E-state index in [2.05, 4.69) is 4.90 Å². The first-order chi connectivity index (χ1) is 18.9. The van der Waals surface area contributed by atoms with Crippen molar-refractivity contribution >= 4 is 65.6 Å². The maximum absolute atomic E-state index is 14.1. The molecule has 0 radical (unpaired) electrons. The Morgan fingerprint density at radius 1 is 1.21 bits per heavy atom. The molecule has 212 valence electrons. The SMILES string of the molecule is CCOc1cccc2sc(N(CCCN3CCOCC3)C(=O)C3CCCN(S(=O)(=O)c4ccc(Cl)s4)C3)nc12. The number of fused-ring (bicyclic) bond motifs is 1. The fourth-order valence-electron chi connectivity index (χ4n) is 5.02. The number of amides is 1. The first kappa shape index (κ1) is 28.7. The van der Waals surface area contributed by atoms with Gasteiger partial charge in [0.2, 0.25) is 5.91 Å². The second-order valence-corrected chi connectivity index (χ2v) is 14.5. The molecule has 0 N–H and O–H groups in total. The molecule has 2 saturated heterocycles. The number of hydrogen-bond acceptors (Lipinski definition) is 9. The van der Waals surface area contributed by atoms with Crippen molar-refractivity contribution in [1.82, 2.24) is 14.2 Å². The second-order valence-electron chi connectivity index (χ2n) is 9.59. The number of para-hydroxylation sites is 1. The Kier molecular flexibility index (Phi) is 9.42. The zero-order valence-corrected chi connectivity index (χ0v) is 25.1. The van der Waals surface area contributed by atoms with Crippen LogP contribution in [0.15, 0.2) is 34.5 Å². The number of benzene rings is 1. The summed E-state index contributed by atoms with van der Waals surface area (Å²) in [6, 6.07) is 8.92. The third-order valence-electron chi connectivity index (χ3n) is 7.00. The van der Waals surface area contributed by atoms with Crippen LogP contribution in [0.3, 0.4) is 0 Å². The molecule has 39 heavy (non-hydrogen) atoms. The van der Waals surface area contributed by atoms with E-state index in [4.69, 9.17) is 26.1 Å². The van der Waals surface area contributed by atoms with E-state index >= 15 is 0 Å². The van der Waals surface area contributed by atoms with Crippen LogP contribution < -0.4 is 9.64 Å². The van der Waals surface area contributed by atoms with E-state index in [1.807, 2.05) is 25.1 Å². The number of anilines is 1. The number of thiophene rings is 1. The van der Waals surface area contributed by atoms with Crippen molar-refractivity contribution in [2.24, 2.45) is 5.92 Å². The highest BCUT2D eigenvalue weighted by atomic mass is 35.5. The fraction of sp³-hybridized carbons (Fsp3) is 0.538. The van der Waals surface area contributed by atoms with Gasteiger partial charge in [0.1, 0.15) is 15.5 Å². The van der Waals surface area contributed by atoms with Gasteiger partial charge in [0.25, 0.3) is 10.0 Å². The highest BCUT2D eigenvalue weighted by Gasteiger charge is 2.37. The molecule has 4 heterocycles. The molecule has 1 unspecified atom stereocenters. The standard InChI is InChI=1S/C26H33ClN4O5S3/c1-2-36-20-7-3-8-21-24(20)28-26(37-21)31(13-5-11-29-14-16-35-17-15-29)25(32)19-6-4-12-30(18-19)39(33,34)23-10-9-22(27)38-23/h3,7-10,19H,2,4-6,11-18H2,1H3. The van der Waals surface area contributed by atoms with Crippen molar-refractivity contribution in [3.63, 3.8) is 0 Å². The van der Waals surface area contributed by atoms with Gasteiger partial charge in [-0.2, -0.15) is 4.31 Å².